The van der Waals surface area contributed by atoms with E-state index in [4.69, 9.17) is 11.6 Å². The van der Waals surface area contributed by atoms with Crippen LogP contribution in [-0.4, -0.2) is 56.5 Å². The molecule has 0 radical (unpaired) electrons. The monoisotopic (exact) mass is 427 g/mol. The predicted octanol–water partition coefficient (Wildman–Crippen LogP) is 3.41. The second kappa shape index (κ2) is 7.87. The number of halogens is 2. The minimum atomic E-state index is -0.630. The summed E-state index contributed by atoms with van der Waals surface area (Å²) in [5, 5.41) is 10.9. The number of carbonyl (C=O) groups is 1. The summed E-state index contributed by atoms with van der Waals surface area (Å²) in [4.78, 5) is 28.8. The summed E-state index contributed by atoms with van der Waals surface area (Å²) in [7, 11) is 0. The molecular weight excluding hydrogens is 409 g/mol. The van der Waals surface area contributed by atoms with Gasteiger partial charge in [-0.1, -0.05) is 24.2 Å². The molecule has 1 N–H and O–H groups in total. The molecule has 0 aliphatic carbocycles. The molecule has 30 heavy (non-hydrogen) atoms. The summed E-state index contributed by atoms with van der Waals surface area (Å²) in [6.45, 7) is 7.17. The van der Waals surface area contributed by atoms with Crippen molar-refractivity contribution in [1.82, 2.24) is 19.9 Å². The molecule has 0 spiro atoms. The van der Waals surface area contributed by atoms with Gasteiger partial charge in [0.05, 0.1) is 21.7 Å². The lowest BCUT2D eigenvalue weighted by Gasteiger charge is -2.40. The molecule has 1 amide bonds. The summed E-state index contributed by atoms with van der Waals surface area (Å²) in [6, 6.07) is 5.64. The zero-order valence-corrected chi connectivity index (χ0v) is 17.0. The summed E-state index contributed by atoms with van der Waals surface area (Å²) in [5.41, 5.74) is 0.368. The zero-order valence-electron chi connectivity index (χ0n) is 16.2. The number of anilines is 1. The predicted molar refractivity (Wildman–Crippen MR) is 113 cm³/mol. The van der Waals surface area contributed by atoms with Crippen molar-refractivity contribution in [2.24, 2.45) is 0 Å². The average molecular weight is 428 g/mol. The number of amides is 1. The van der Waals surface area contributed by atoms with Crippen LogP contribution in [0.15, 0.2) is 43.2 Å². The number of aromatic hydroxyl groups is 1. The maximum atomic E-state index is 14.3. The Morgan fingerprint density at radius 2 is 2.17 bits per heavy atom. The summed E-state index contributed by atoms with van der Waals surface area (Å²) in [5.74, 6) is -0.352. The molecule has 3 aromatic rings. The third kappa shape index (κ3) is 3.43. The van der Waals surface area contributed by atoms with Crippen LogP contribution in [-0.2, 0) is 4.79 Å². The molecule has 3 heterocycles. The van der Waals surface area contributed by atoms with Gasteiger partial charge >= 0.3 is 0 Å². The van der Waals surface area contributed by atoms with Crippen molar-refractivity contribution in [3.05, 3.63) is 54.1 Å². The molecule has 1 aliphatic heterocycles. The first-order valence-corrected chi connectivity index (χ1v) is 9.75. The zero-order chi connectivity index (χ0) is 21.4. The van der Waals surface area contributed by atoms with E-state index >= 15 is 0 Å². The lowest BCUT2D eigenvalue weighted by atomic mass is 10.1. The van der Waals surface area contributed by atoms with Crippen LogP contribution in [0.25, 0.3) is 22.3 Å². The SMILES string of the molecule is C=CC(=O)N1CCN(c2ncnc3nc(-c4c(O)cccc4F)c(Cl)cc23)[C@@H](C)C1. The number of phenolic OH excluding ortho intramolecular Hbond substituents is 1. The van der Waals surface area contributed by atoms with Crippen LogP contribution < -0.4 is 4.90 Å². The first-order valence-electron chi connectivity index (χ1n) is 9.37. The second-order valence-electron chi connectivity index (χ2n) is 7.05. The molecular formula is C21H19ClFN5O2. The molecule has 2 aromatic heterocycles. The molecule has 0 bridgehead atoms. The maximum Gasteiger partial charge on any atom is 0.246 e. The van der Waals surface area contributed by atoms with E-state index in [0.29, 0.717) is 36.5 Å². The van der Waals surface area contributed by atoms with Crippen LogP contribution >= 0.6 is 11.6 Å². The molecule has 1 fully saturated rings. The van der Waals surface area contributed by atoms with Gasteiger partial charge in [0.15, 0.2) is 5.65 Å². The Morgan fingerprint density at radius 1 is 1.37 bits per heavy atom. The molecule has 0 saturated carbocycles. The highest BCUT2D eigenvalue weighted by Gasteiger charge is 2.28. The van der Waals surface area contributed by atoms with Gasteiger partial charge in [-0.05, 0) is 31.2 Å². The number of carbonyl (C=O) groups excluding carboxylic acids is 1. The number of rotatable bonds is 3. The highest BCUT2D eigenvalue weighted by atomic mass is 35.5. The van der Waals surface area contributed by atoms with E-state index in [1.165, 1.54) is 30.6 Å². The Kier molecular flexibility index (Phi) is 5.26. The van der Waals surface area contributed by atoms with E-state index in [1.807, 2.05) is 6.92 Å². The number of hydrogen-bond acceptors (Lipinski definition) is 6. The summed E-state index contributed by atoms with van der Waals surface area (Å²) in [6.07, 6.45) is 2.70. The fraction of sp³-hybridized carbons (Fsp3) is 0.238. The van der Waals surface area contributed by atoms with Crippen LogP contribution in [0.5, 0.6) is 5.75 Å². The van der Waals surface area contributed by atoms with Crippen LogP contribution in [0.1, 0.15) is 6.92 Å². The van der Waals surface area contributed by atoms with Gasteiger partial charge in [-0.2, -0.15) is 0 Å². The molecule has 1 atom stereocenters. The van der Waals surface area contributed by atoms with Crippen molar-refractivity contribution in [3.8, 4) is 17.0 Å². The van der Waals surface area contributed by atoms with E-state index in [9.17, 15) is 14.3 Å². The molecule has 7 nitrogen and oxygen atoms in total. The molecule has 154 valence electrons. The minimum Gasteiger partial charge on any atom is -0.507 e. The van der Waals surface area contributed by atoms with E-state index in [0.717, 1.165) is 0 Å². The van der Waals surface area contributed by atoms with Gasteiger partial charge in [-0.15, -0.1) is 0 Å². The Morgan fingerprint density at radius 3 is 2.87 bits per heavy atom. The van der Waals surface area contributed by atoms with Crippen molar-refractivity contribution in [1.29, 1.82) is 0 Å². The summed E-state index contributed by atoms with van der Waals surface area (Å²) >= 11 is 6.43. The van der Waals surface area contributed by atoms with E-state index < -0.39 is 5.82 Å². The van der Waals surface area contributed by atoms with Gasteiger partial charge in [0.1, 0.15) is 23.7 Å². The molecule has 1 aromatic carbocycles. The quantitative estimate of drug-likeness (QED) is 0.645. The number of phenols is 1. The average Bonchev–Trinajstić information content (AvgIpc) is 2.73. The maximum absolute atomic E-state index is 14.3. The number of nitrogens with zero attached hydrogens (tertiary/aromatic N) is 5. The largest absolute Gasteiger partial charge is 0.507 e. The van der Waals surface area contributed by atoms with Crippen molar-refractivity contribution in [2.75, 3.05) is 24.5 Å². The molecule has 9 heteroatoms. The van der Waals surface area contributed by atoms with E-state index in [2.05, 4.69) is 26.4 Å². The van der Waals surface area contributed by atoms with Gasteiger partial charge in [-0.25, -0.2) is 19.3 Å². The first-order chi connectivity index (χ1) is 14.4. The standard InChI is InChI=1S/C21H19ClFN5O2/c1-3-17(30)27-7-8-28(12(2)10-27)21-13-9-14(22)19(26-20(13)24-11-25-21)18-15(23)5-4-6-16(18)29/h3-6,9,11-12,29H,1,7-8,10H2,2H3/t12-/m0/s1. The molecule has 1 aliphatic rings. The number of aromatic nitrogens is 3. The van der Waals surface area contributed by atoms with Gasteiger partial charge in [0.25, 0.3) is 0 Å². The number of hydrogen-bond donors (Lipinski definition) is 1. The number of pyridine rings is 1. The van der Waals surface area contributed by atoms with Crippen LogP contribution in [0.3, 0.4) is 0 Å². The van der Waals surface area contributed by atoms with Gasteiger partial charge < -0.3 is 14.9 Å². The van der Waals surface area contributed by atoms with Crippen molar-refractivity contribution >= 4 is 34.4 Å². The smallest absolute Gasteiger partial charge is 0.246 e. The number of piperazine rings is 1. The third-order valence-electron chi connectivity index (χ3n) is 5.17. The highest BCUT2D eigenvalue weighted by Crippen LogP contribution is 2.37. The van der Waals surface area contributed by atoms with Crippen LogP contribution in [0, 0.1) is 5.82 Å². The fourth-order valence-corrected chi connectivity index (χ4v) is 3.95. The van der Waals surface area contributed by atoms with Crippen molar-refractivity contribution in [2.45, 2.75) is 13.0 Å². The van der Waals surface area contributed by atoms with Crippen molar-refractivity contribution in [3.63, 3.8) is 0 Å². The van der Waals surface area contributed by atoms with E-state index in [-0.39, 0.29) is 34.0 Å². The molecule has 1 saturated heterocycles. The van der Waals surface area contributed by atoms with Crippen molar-refractivity contribution < 1.29 is 14.3 Å². The van der Waals surface area contributed by atoms with Gasteiger partial charge in [-0.3, -0.25) is 4.79 Å². The van der Waals surface area contributed by atoms with Crippen LogP contribution in [0.4, 0.5) is 10.2 Å². The fourth-order valence-electron chi connectivity index (χ4n) is 3.70. The Hall–Kier alpha value is -3.26. The topological polar surface area (TPSA) is 82.5 Å². The van der Waals surface area contributed by atoms with Gasteiger partial charge in [0.2, 0.25) is 5.91 Å². The normalized spacial score (nSPS) is 16.7. The Balaban J connectivity index is 1.76. The summed E-state index contributed by atoms with van der Waals surface area (Å²) < 4.78 is 14.3. The highest BCUT2D eigenvalue weighted by molar-refractivity contribution is 6.34. The molecule has 4 rings (SSSR count). The minimum absolute atomic E-state index is 0.00480. The van der Waals surface area contributed by atoms with Gasteiger partial charge in [0, 0.05) is 25.7 Å². The number of benzene rings is 1. The second-order valence-corrected chi connectivity index (χ2v) is 7.46. The third-order valence-corrected chi connectivity index (χ3v) is 5.46. The lowest BCUT2D eigenvalue weighted by molar-refractivity contribution is -0.126. The molecule has 0 unspecified atom stereocenters. The first kappa shape index (κ1) is 20.0. The Bertz CT molecular complexity index is 1140. The van der Waals surface area contributed by atoms with Crippen LogP contribution in [0.2, 0.25) is 5.02 Å². The lowest BCUT2D eigenvalue weighted by Crippen LogP contribution is -2.53. The van der Waals surface area contributed by atoms with E-state index in [1.54, 1.807) is 11.0 Å². The Labute approximate surface area is 177 Å². The number of fused-ring (bicyclic) bond motifs is 1.